The summed E-state index contributed by atoms with van der Waals surface area (Å²) in [6.45, 7) is 0.799. The molecule has 1 N–H and O–H groups in total. The number of benzene rings is 2. The Hall–Kier alpha value is -1.76. The number of amides is 1. The predicted octanol–water partition coefficient (Wildman–Crippen LogP) is 4.15. The average molecular weight is 415 g/mol. The highest BCUT2D eigenvalue weighted by atomic mass is 79.9. The van der Waals surface area contributed by atoms with E-state index in [0.717, 1.165) is 4.47 Å². The Kier molecular flexibility index (Phi) is 7.36. The van der Waals surface area contributed by atoms with Gasteiger partial charge in [0.15, 0.2) is 6.61 Å². The first kappa shape index (κ1) is 18.6. The first-order chi connectivity index (χ1) is 11.6. The number of carbonyl (C=O) groups is 1. The fraction of sp³-hybridized carbons (Fsp3) is 0.235. The van der Waals surface area contributed by atoms with Crippen molar-refractivity contribution in [3.8, 4) is 11.5 Å². The Balaban J connectivity index is 1.86. The number of ether oxygens (including phenoxy) is 3. The maximum atomic E-state index is 12.0. The van der Waals surface area contributed by atoms with Crippen LogP contribution in [0.1, 0.15) is 0 Å². The van der Waals surface area contributed by atoms with Crippen LogP contribution in [0.3, 0.4) is 0 Å². The number of halogens is 2. The molecule has 0 spiro atoms. The Morgan fingerprint density at radius 3 is 2.75 bits per heavy atom. The molecular formula is C17H17BrClNO4. The number of nitrogens with one attached hydrogen (secondary N) is 1. The van der Waals surface area contributed by atoms with Crippen LogP contribution >= 0.6 is 27.5 Å². The van der Waals surface area contributed by atoms with E-state index in [-0.39, 0.29) is 12.5 Å². The summed E-state index contributed by atoms with van der Waals surface area (Å²) >= 11 is 9.35. The highest BCUT2D eigenvalue weighted by Crippen LogP contribution is 2.27. The second kappa shape index (κ2) is 9.52. The lowest BCUT2D eigenvalue weighted by Crippen LogP contribution is -2.20. The average Bonchev–Trinajstić information content (AvgIpc) is 2.55. The summed E-state index contributed by atoms with van der Waals surface area (Å²) in [5, 5.41) is 3.18. The Morgan fingerprint density at radius 1 is 1.17 bits per heavy atom. The van der Waals surface area contributed by atoms with E-state index in [1.165, 1.54) is 0 Å². The number of anilines is 1. The molecule has 0 saturated heterocycles. The zero-order valence-corrected chi connectivity index (χ0v) is 15.4. The van der Waals surface area contributed by atoms with Crippen molar-refractivity contribution in [1.29, 1.82) is 0 Å². The van der Waals surface area contributed by atoms with E-state index in [9.17, 15) is 4.79 Å². The van der Waals surface area contributed by atoms with Crippen molar-refractivity contribution in [1.82, 2.24) is 0 Å². The molecule has 24 heavy (non-hydrogen) atoms. The molecule has 0 saturated carbocycles. The molecule has 2 rings (SSSR count). The molecule has 1 amide bonds. The van der Waals surface area contributed by atoms with Crippen molar-refractivity contribution in [3.05, 3.63) is 52.0 Å². The zero-order valence-electron chi connectivity index (χ0n) is 13.1. The third-order valence-electron chi connectivity index (χ3n) is 2.93. The van der Waals surface area contributed by atoms with Crippen molar-refractivity contribution in [3.63, 3.8) is 0 Å². The summed E-state index contributed by atoms with van der Waals surface area (Å²) < 4.78 is 16.7. The van der Waals surface area contributed by atoms with E-state index in [0.29, 0.717) is 35.4 Å². The van der Waals surface area contributed by atoms with Crippen molar-refractivity contribution in [2.75, 3.05) is 32.2 Å². The Morgan fingerprint density at radius 2 is 2.00 bits per heavy atom. The minimum Gasteiger partial charge on any atom is -0.491 e. The van der Waals surface area contributed by atoms with Crippen LogP contribution in [0.2, 0.25) is 5.02 Å². The number of hydrogen-bond acceptors (Lipinski definition) is 4. The molecule has 0 atom stereocenters. The van der Waals surface area contributed by atoms with Gasteiger partial charge in [-0.05, 0) is 30.3 Å². The zero-order chi connectivity index (χ0) is 17.4. The number of carbonyl (C=O) groups excluding carboxylic acids is 1. The lowest BCUT2D eigenvalue weighted by atomic mass is 10.3. The van der Waals surface area contributed by atoms with Gasteiger partial charge in [-0.15, -0.1) is 0 Å². The van der Waals surface area contributed by atoms with E-state index in [2.05, 4.69) is 21.2 Å². The molecule has 0 aliphatic heterocycles. The van der Waals surface area contributed by atoms with Crippen LogP contribution in [0.15, 0.2) is 46.9 Å². The van der Waals surface area contributed by atoms with Gasteiger partial charge in [-0.2, -0.15) is 0 Å². The van der Waals surface area contributed by atoms with Crippen LogP contribution < -0.4 is 14.8 Å². The van der Waals surface area contributed by atoms with Gasteiger partial charge in [-0.3, -0.25) is 4.79 Å². The molecule has 0 bridgehead atoms. The monoisotopic (exact) mass is 413 g/mol. The van der Waals surface area contributed by atoms with Crippen molar-refractivity contribution in [2.24, 2.45) is 0 Å². The summed E-state index contributed by atoms with van der Waals surface area (Å²) in [6, 6.07) is 12.3. The highest BCUT2D eigenvalue weighted by Gasteiger charge is 2.07. The van der Waals surface area contributed by atoms with Crippen LogP contribution in [0, 0.1) is 0 Å². The van der Waals surface area contributed by atoms with Gasteiger partial charge in [-0.25, -0.2) is 0 Å². The number of hydrogen-bond donors (Lipinski definition) is 1. The van der Waals surface area contributed by atoms with Gasteiger partial charge < -0.3 is 19.5 Å². The Labute approximate surface area is 154 Å². The molecule has 5 nitrogen and oxygen atoms in total. The van der Waals surface area contributed by atoms with Gasteiger partial charge in [0.25, 0.3) is 5.91 Å². The normalized spacial score (nSPS) is 10.3. The molecule has 0 fully saturated rings. The maximum Gasteiger partial charge on any atom is 0.262 e. The third kappa shape index (κ3) is 6.03. The third-order valence-corrected chi connectivity index (χ3v) is 3.72. The fourth-order valence-corrected chi connectivity index (χ4v) is 2.57. The standard InChI is InChI=1S/C17H17BrClNO4/c1-22-7-8-23-14-4-2-3-13(10-14)20-17(21)11-24-16-6-5-12(18)9-15(16)19/h2-6,9-10H,7-8,11H2,1H3,(H,20,21). The first-order valence-electron chi connectivity index (χ1n) is 7.18. The lowest BCUT2D eigenvalue weighted by molar-refractivity contribution is -0.118. The quantitative estimate of drug-likeness (QED) is 0.660. The minimum atomic E-state index is -0.289. The second-order valence-electron chi connectivity index (χ2n) is 4.78. The van der Waals surface area contributed by atoms with Crippen molar-refractivity contribution < 1.29 is 19.0 Å². The predicted molar refractivity (Wildman–Crippen MR) is 97.1 cm³/mol. The molecule has 2 aromatic rings. The largest absolute Gasteiger partial charge is 0.491 e. The van der Waals surface area contributed by atoms with Gasteiger partial charge >= 0.3 is 0 Å². The maximum absolute atomic E-state index is 12.0. The van der Waals surface area contributed by atoms with E-state index >= 15 is 0 Å². The number of methoxy groups -OCH3 is 1. The second-order valence-corrected chi connectivity index (χ2v) is 6.10. The molecule has 0 aromatic heterocycles. The van der Waals surface area contributed by atoms with Crippen molar-refractivity contribution >= 4 is 39.1 Å². The minimum absolute atomic E-state index is 0.143. The smallest absolute Gasteiger partial charge is 0.262 e. The van der Waals surface area contributed by atoms with E-state index in [1.807, 2.05) is 6.07 Å². The van der Waals surface area contributed by atoms with Crippen LogP contribution in [0.4, 0.5) is 5.69 Å². The van der Waals surface area contributed by atoms with Crippen molar-refractivity contribution in [2.45, 2.75) is 0 Å². The van der Waals surface area contributed by atoms with E-state index in [1.54, 1.807) is 43.5 Å². The number of rotatable bonds is 8. The highest BCUT2D eigenvalue weighted by molar-refractivity contribution is 9.10. The van der Waals surface area contributed by atoms with Gasteiger partial charge in [-0.1, -0.05) is 33.6 Å². The van der Waals surface area contributed by atoms with Gasteiger partial charge in [0, 0.05) is 23.3 Å². The first-order valence-corrected chi connectivity index (χ1v) is 8.35. The molecule has 0 heterocycles. The summed E-state index contributed by atoms with van der Waals surface area (Å²) in [6.07, 6.45) is 0. The summed E-state index contributed by atoms with van der Waals surface area (Å²) in [4.78, 5) is 12.0. The topological polar surface area (TPSA) is 56.8 Å². The van der Waals surface area contributed by atoms with Crippen LogP contribution in [-0.2, 0) is 9.53 Å². The lowest BCUT2D eigenvalue weighted by Gasteiger charge is -2.10. The van der Waals surface area contributed by atoms with Crippen LogP contribution in [-0.4, -0.2) is 32.8 Å². The molecule has 7 heteroatoms. The van der Waals surface area contributed by atoms with E-state index < -0.39 is 0 Å². The molecule has 2 aromatic carbocycles. The molecule has 0 aliphatic carbocycles. The molecule has 0 aliphatic rings. The van der Waals surface area contributed by atoms with Gasteiger partial charge in [0.05, 0.1) is 11.6 Å². The molecular weight excluding hydrogens is 398 g/mol. The van der Waals surface area contributed by atoms with Crippen LogP contribution in [0.25, 0.3) is 0 Å². The molecule has 128 valence electrons. The fourth-order valence-electron chi connectivity index (χ4n) is 1.84. The van der Waals surface area contributed by atoms with E-state index in [4.69, 9.17) is 25.8 Å². The molecule has 0 unspecified atom stereocenters. The summed E-state index contributed by atoms with van der Waals surface area (Å²) in [5.74, 6) is 0.816. The van der Waals surface area contributed by atoms with Crippen LogP contribution in [0.5, 0.6) is 11.5 Å². The molecule has 0 radical (unpaired) electrons. The van der Waals surface area contributed by atoms with Gasteiger partial charge in [0.1, 0.15) is 18.1 Å². The Bertz CT molecular complexity index is 696. The summed E-state index contributed by atoms with van der Waals surface area (Å²) in [5.41, 5.74) is 0.625. The van der Waals surface area contributed by atoms with Gasteiger partial charge in [0.2, 0.25) is 0 Å². The SMILES string of the molecule is COCCOc1cccc(NC(=O)COc2ccc(Br)cc2Cl)c1. The summed E-state index contributed by atoms with van der Waals surface area (Å²) in [7, 11) is 1.61.